The molecule has 0 saturated heterocycles. The lowest BCUT2D eigenvalue weighted by Gasteiger charge is -2.12. The first-order chi connectivity index (χ1) is 16.4. The number of anilines is 2. The number of hydrogen-bond donors (Lipinski definition) is 2. The first-order valence-corrected chi connectivity index (χ1v) is 11.6. The molecule has 0 saturated carbocycles. The Labute approximate surface area is 200 Å². The highest BCUT2D eigenvalue weighted by Crippen LogP contribution is 2.34. The van der Waals surface area contributed by atoms with E-state index >= 15 is 0 Å². The lowest BCUT2D eigenvalue weighted by molar-refractivity contribution is -0.116. The Bertz CT molecular complexity index is 1370. The molecule has 0 fully saturated rings. The molecule has 0 atom stereocenters. The fraction of sp³-hybridized carbons (Fsp3) is 0.250. The third kappa shape index (κ3) is 4.76. The van der Waals surface area contributed by atoms with E-state index in [0.29, 0.717) is 40.1 Å². The zero-order valence-electron chi connectivity index (χ0n) is 19.3. The first kappa shape index (κ1) is 23.4. The van der Waals surface area contributed by atoms with Gasteiger partial charge in [-0.2, -0.15) is 0 Å². The van der Waals surface area contributed by atoms with Gasteiger partial charge in [0.2, 0.25) is 11.8 Å². The Kier molecular flexibility index (Phi) is 6.87. The molecule has 10 heteroatoms. The Morgan fingerprint density at radius 2 is 1.56 bits per heavy atom. The highest BCUT2D eigenvalue weighted by Gasteiger charge is 2.16. The van der Waals surface area contributed by atoms with E-state index in [1.807, 2.05) is 29.5 Å². The molecule has 2 aromatic carbocycles. The lowest BCUT2D eigenvalue weighted by Crippen LogP contribution is -2.14. The summed E-state index contributed by atoms with van der Waals surface area (Å²) in [5, 5.41) is 15.8. The number of carbonyl (C=O) groups excluding carboxylic acids is 2. The maximum absolute atomic E-state index is 12.6. The largest absolute Gasteiger partial charge is 0.493 e. The zero-order chi connectivity index (χ0) is 24.2. The second-order valence-corrected chi connectivity index (χ2v) is 8.49. The summed E-state index contributed by atoms with van der Waals surface area (Å²) >= 11 is 1.29. The second-order valence-electron chi connectivity index (χ2n) is 7.55. The third-order valence-corrected chi connectivity index (χ3v) is 6.17. The van der Waals surface area contributed by atoms with Gasteiger partial charge in [-0.1, -0.05) is 18.7 Å². The van der Waals surface area contributed by atoms with Crippen molar-refractivity contribution in [2.24, 2.45) is 0 Å². The molecular formula is C24H25N5O4S. The molecule has 0 aliphatic rings. The van der Waals surface area contributed by atoms with Crippen LogP contribution in [0.25, 0.3) is 16.6 Å². The van der Waals surface area contributed by atoms with Crippen molar-refractivity contribution in [1.82, 2.24) is 14.6 Å². The smallest absolute Gasteiger partial charge is 0.234 e. The van der Waals surface area contributed by atoms with Crippen LogP contribution in [0.4, 0.5) is 11.4 Å². The molecule has 176 valence electrons. The fourth-order valence-electron chi connectivity index (χ4n) is 3.54. The summed E-state index contributed by atoms with van der Waals surface area (Å²) in [4.78, 5) is 24.1. The number of amides is 2. The molecule has 34 heavy (non-hydrogen) atoms. The number of hydrogen-bond acceptors (Lipinski definition) is 7. The van der Waals surface area contributed by atoms with Crippen LogP contribution in [0, 0.1) is 6.92 Å². The zero-order valence-corrected chi connectivity index (χ0v) is 20.2. The molecular weight excluding hydrogens is 454 g/mol. The van der Waals surface area contributed by atoms with E-state index in [-0.39, 0.29) is 17.6 Å². The molecule has 9 nitrogen and oxygen atoms in total. The predicted molar refractivity (Wildman–Crippen MR) is 133 cm³/mol. The molecule has 2 aromatic heterocycles. The van der Waals surface area contributed by atoms with Crippen molar-refractivity contribution in [2.75, 3.05) is 30.6 Å². The average molecular weight is 480 g/mol. The van der Waals surface area contributed by atoms with Crippen molar-refractivity contribution in [2.45, 2.75) is 25.4 Å². The SMILES string of the molecule is CCC(=O)Nc1ccc(NC(=O)CSc2nnc3c(C)cc4cc(OC)c(OC)cc4n23)cc1. The molecule has 0 radical (unpaired) electrons. The number of pyridine rings is 1. The molecule has 2 heterocycles. The van der Waals surface area contributed by atoms with Gasteiger partial charge in [-0.05, 0) is 48.9 Å². The number of thioether (sulfide) groups is 1. The van der Waals surface area contributed by atoms with Gasteiger partial charge in [-0.25, -0.2) is 0 Å². The normalized spacial score (nSPS) is 10.9. The van der Waals surface area contributed by atoms with Gasteiger partial charge in [0.05, 0.1) is 25.5 Å². The first-order valence-electron chi connectivity index (χ1n) is 10.7. The summed E-state index contributed by atoms with van der Waals surface area (Å²) in [6.45, 7) is 3.76. The summed E-state index contributed by atoms with van der Waals surface area (Å²) in [6, 6.07) is 12.8. The van der Waals surface area contributed by atoms with Crippen molar-refractivity contribution < 1.29 is 19.1 Å². The van der Waals surface area contributed by atoms with Crippen LogP contribution in [0.2, 0.25) is 0 Å². The van der Waals surface area contributed by atoms with E-state index in [0.717, 1.165) is 16.5 Å². The summed E-state index contributed by atoms with van der Waals surface area (Å²) in [7, 11) is 3.19. The van der Waals surface area contributed by atoms with Crippen molar-refractivity contribution in [1.29, 1.82) is 0 Å². The lowest BCUT2D eigenvalue weighted by atomic mass is 10.1. The number of methoxy groups -OCH3 is 2. The van der Waals surface area contributed by atoms with E-state index in [4.69, 9.17) is 9.47 Å². The minimum absolute atomic E-state index is 0.0625. The molecule has 0 bridgehead atoms. The summed E-state index contributed by atoms with van der Waals surface area (Å²) < 4.78 is 12.8. The van der Waals surface area contributed by atoms with Gasteiger partial charge in [-0.15, -0.1) is 10.2 Å². The molecule has 2 amide bonds. The predicted octanol–water partition coefficient (Wildman–Crippen LogP) is 4.29. The van der Waals surface area contributed by atoms with E-state index in [9.17, 15) is 9.59 Å². The maximum Gasteiger partial charge on any atom is 0.234 e. The van der Waals surface area contributed by atoms with Crippen LogP contribution in [-0.2, 0) is 9.59 Å². The molecule has 4 rings (SSSR count). The number of aryl methyl sites for hydroxylation is 1. The van der Waals surface area contributed by atoms with Crippen LogP contribution < -0.4 is 20.1 Å². The molecule has 0 spiro atoms. The molecule has 0 aliphatic carbocycles. The van der Waals surface area contributed by atoms with Crippen LogP contribution in [0.1, 0.15) is 18.9 Å². The molecule has 2 N–H and O–H groups in total. The maximum atomic E-state index is 12.6. The quantitative estimate of drug-likeness (QED) is 0.363. The highest BCUT2D eigenvalue weighted by atomic mass is 32.2. The number of fused-ring (bicyclic) bond motifs is 3. The minimum atomic E-state index is -0.177. The van der Waals surface area contributed by atoms with Gasteiger partial charge in [-0.3, -0.25) is 14.0 Å². The van der Waals surface area contributed by atoms with Crippen molar-refractivity contribution in [3.05, 3.63) is 48.0 Å². The average Bonchev–Trinajstić information content (AvgIpc) is 3.28. The highest BCUT2D eigenvalue weighted by molar-refractivity contribution is 7.99. The van der Waals surface area contributed by atoms with Crippen molar-refractivity contribution >= 4 is 51.5 Å². The van der Waals surface area contributed by atoms with Crippen LogP contribution in [0.3, 0.4) is 0 Å². The van der Waals surface area contributed by atoms with Crippen LogP contribution in [-0.4, -0.2) is 46.4 Å². The summed E-state index contributed by atoms with van der Waals surface area (Å²) in [6.07, 6.45) is 0.405. The topological polar surface area (TPSA) is 107 Å². The fourth-order valence-corrected chi connectivity index (χ4v) is 4.29. The number of carbonyl (C=O) groups is 2. The van der Waals surface area contributed by atoms with Crippen LogP contribution in [0.15, 0.2) is 47.6 Å². The summed E-state index contributed by atoms with van der Waals surface area (Å²) in [5.74, 6) is 1.14. The van der Waals surface area contributed by atoms with Crippen LogP contribution >= 0.6 is 11.8 Å². The number of nitrogens with one attached hydrogen (secondary N) is 2. The van der Waals surface area contributed by atoms with Gasteiger partial charge >= 0.3 is 0 Å². The molecule has 4 aromatic rings. The number of nitrogens with zero attached hydrogens (tertiary/aromatic N) is 3. The Hall–Kier alpha value is -3.79. The van der Waals surface area contributed by atoms with E-state index < -0.39 is 0 Å². The standard InChI is InChI=1S/C24H25N5O4S/c1-5-21(30)25-16-6-8-17(9-7-16)26-22(31)13-34-24-28-27-23-14(2)10-15-11-19(32-3)20(33-4)12-18(15)29(23)24/h6-12H,5,13H2,1-4H3,(H,25,30)(H,26,31). The third-order valence-electron chi connectivity index (χ3n) is 5.24. The van der Waals surface area contributed by atoms with Crippen LogP contribution in [0.5, 0.6) is 11.5 Å². The van der Waals surface area contributed by atoms with E-state index in [2.05, 4.69) is 20.8 Å². The van der Waals surface area contributed by atoms with Gasteiger partial charge in [0.15, 0.2) is 22.3 Å². The molecule has 0 aliphatic heterocycles. The van der Waals surface area contributed by atoms with Gasteiger partial charge in [0, 0.05) is 29.2 Å². The molecule has 0 unspecified atom stereocenters. The van der Waals surface area contributed by atoms with Crippen molar-refractivity contribution in [3.63, 3.8) is 0 Å². The van der Waals surface area contributed by atoms with Gasteiger partial charge < -0.3 is 20.1 Å². The number of benzene rings is 2. The second kappa shape index (κ2) is 10.0. The number of rotatable bonds is 8. The number of ether oxygens (including phenoxy) is 2. The minimum Gasteiger partial charge on any atom is -0.493 e. The Morgan fingerprint density at radius 3 is 2.18 bits per heavy atom. The van der Waals surface area contributed by atoms with Gasteiger partial charge in [0.25, 0.3) is 0 Å². The summed E-state index contributed by atoms with van der Waals surface area (Å²) in [5.41, 5.74) is 3.86. The Balaban J connectivity index is 1.53. The van der Waals surface area contributed by atoms with Gasteiger partial charge in [0.1, 0.15) is 0 Å². The van der Waals surface area contributed by atoms with Crippen molar-refractivity contribution in [3.8, 4) is 11.5 Å². The number of aromatic nitrogens is 3. The Morgan fingerprint density at radius 1 is 0.941 bits per heavy atom. The monoisotopic (exact) mass is 479 g/mol. The van der Waals surface area contributed by atoms with E-state index in [1.54, 1.807) is 45.4 Å². The van der Waals surface area contributed by atoms with E-state index in [1.165, 1.54) is 11.8 Å².